The van der Waals surface area contributed by atoms with Gasteiger partial charge in [0.2, 0.25) is 0 Å². The van der Waals surface area contributed by atoms with Crippen molar-refractivity contribution in [3.05, 3.63) is 112 Å². The number of nitro groups is 1. The number of benzene rings is 4. The van der Waals surface area contributed by atoms with Crippen LogP contribution < -0.4 is 8.92 Å². The average molecular weight is 577 g/mol. The lowest BCUT2D eigenvalue weighted by Crippen LogP contribution is -2.32. The molecule has 1 heterocycles. The zero-order chi connectivity index (χ0) is 28.3. The molecule has 0 saturated carbocycles. The first-order valence-electron chi connectivity index (χ1n) is 11.9. The highest BCUT2D eigenvalue weighted by atomic mass is 32.2. The Hall–Kier alpha value is -4.68. The van der Waals surface area contributed by atoms with E-state index in [1.165, 1.54) is 42.5 Å². The van der Waals surface area contributed by atoms with E-state index in [1.807, 2.05) is 42.5 Å². The number of ether oxygens (including phenoxy) is 1. The Kier molecular flexibility index (Phi) is 7.54. The molecule has 0 aliphatic carbocycles. The van der Waals surface area contributed by atoms with Crippen LogP contribution in [0, 0.1) is 10.1 Å². The number of rotatable bonds is 9. The lowest BCUT2D eigenvalue weighted by atomic mass is 10.1. The van der Waals surface area contributed by atoms with E-state index >= 15 is 0 Å². The Balaban J connectivity index is 1.26. The van der Waals surface area contributed by atoms with Crippen molar-refractivity contribution in [1.82, 2.24) is 4.90 Å². The summed E-state index contributed by atoms with van der Waals surface area (Å²) >= 11 is 0.766. The summed E-state index contributed by atoms with van der Waals surface area (Å²) in [5.74, 6) is 0.0903. The van der Waals surface area contributed by atoms with E-state index in [2.05, 4.69) is 0 Å². The van der Waals surface area contributed by atoms with Gasteiger partial charge in [-0.15, -0.1) is 0 Å². The summed E-state index contributed by atoms with van der Waals surface area (Å²) in [6.45, 7) is 0.161. The summed E-state index contributed by atoms with van der Waals surface area (Å²) in [6.07, 6.45) is 1.46. The first-order valence-corrected chi connectivity index (χ1v) is 14.1. The van der Waals surface area contributed by atoms with Crippen LogP contribution in [0.5, 0.6) is 11.5 Å². The smallest absolute Gasteiger partial charge is 0.339 e. The molecule has 0 spiro atoms. The quantitative estimate of drug-likeness (QED) is 0.108. The highest BCUT2D eigenvalue weighted by Gasteiger charge is 2.35. The second-order valence-electron chi connectivity index (χ2n) is 8.52. The van der Waals surface area contributed by atoms with Gasteiger partial charge in [-0.3, -0.25) is 24.6 Å². The molecule has 1 saturated heterocycles. The predicted molar refractivity (Wildman–Crippen MR) is 149 cm³/mol. The number of amides is 2. The lowest BCUT2D eigenvalue weighted by molar-refractivity contribution is -0.385. The normalized spacial score (nSPS) is 14.6. The first kappa shape index (κ1) is 26.9. The molecule has 10 nitrogen and oxygen atoms in total. The summed E-state index contributed by atoms with van der Waals surface area (Å²) < 4.78 is 36.3. The summed E-state index contributed by atoms with van der Waals surface area (Å²) in [5, 5.41) is 12.5. The predicted octanol–water partition coefficient (Wildman–Crippen LogP) is 5.63. The SMILES string of the molecule is O=C1S/C(=C\c2cccc(OS(=O)(=O)c3cccc([N+](=O)[O-])c3)c2)C(=O)N1CCOc1cccc2ccccc12. The highest BCUT2D eigenvalue weighted by Crippen LogP contribution is 2.33. The number of imide groups is 1. The second-order valence-corrected chi connectivity index (χ2v) is 11.1. The maximum absolute atomic E-state index is 12.9. The molecule has 0 bridgehead atoms. The van der Waals surface area contributed by atoms with Crippen molar-refractivity contribution in [2.45, 2.75) is 4.90 Å². The number of hydrogen-bond donors (Lipinski definition) is 0. The molecule has 0 atom stereocenters. The van der Waals surface area contributed by atoms with E-state index < -0.39 is 31.9 Å². The molecule has 4 aromatic carbocycles. The monoisotopic (exact) mass is 576 g/mol. The molecule has 0 unspecified atom stereocenters. The van der Waals surface area contributed by atoms with Crippen LogP contribution in [0.2, 0.25) is 0 Å². The number of nitrogens with zero attached hydrogens (tertiary/aromatic N) is 2. The van der Waals surface area contributed by atoms with Gasteiger partial charge in [0.05, 0.1) is 16.4 Å². The van der Waals surface area contributed by atoms with E-state index in [0.29, 0.717) is 11.3 Å². The number of thioether (sulfide) groups is 1. The van der Waals surface area contributed by atoms with Crippen LogP contribution in [-0.4, -0.2) is 42.5 Å². The van der Waals surface area contributed by atoms with Gasteiger partial charge in [0.25, 0.3) is 16.8 Å². The van der Waals surface area contributed by atoms with Crippen molar-refractivity contribution in [3.8, 4) is 11.5 Å². The largest absolute Gasteiger partial charge is 0.491 e. The molecule has 0 N–H and O–H groups in total. The standard InChI is InChI=1S/C28H20N2O8S2/c31-27-26(39-28(32)29(27)14-15-37-25-13-4-8-20-7-1-2-12-24(20)25)17-19-6-3-10-22(16-19)38-40(35,36)23-11-5-9-21(18-23)30(33)34/h1-13,16-18H,14-15H2/b26-17-. The lowest BCUT2D eigenvalue weighted by Gasteiger charge is -2.14. The van der Waals surface area contributed by atoms with Crippen molar-refractivity contribution in [1.29, 1.82) is 0 Å². The third-order valence-corrected chi connectivity index (χ3v) is 8.03. The molecule has 1 fully saturated rings. The van der Waals surface area contributed by atoms with E-state index in [1.54, 1.807) is 6.07 Å². The number of hydrogen-bond acceptors (Lipinski definition) is 9. The Labute approximate surface area is 233 Å². The van der Waals surface area contributed by atoms with Gasteiger partial charge in [0.1, 0.15) is 23.0 Å². The number of fused-ring (bicyclic) bond motifs is 1. The molecular weight excluding hydrogens is 556 g/mol. The summed E-state index contributed by atoms with van der Waals surface area (Å²) in [4.78, 5) is 36.6. The Bertz CT molecular complexity index is 1780. The number of carbonyl (C=O) groups excluding carboxylic acids is 2. The Morgan fingerprint density at radius 3 is 2.50 bits per heavy atom. The molecule has 0 aromatic heterocycles. The molecular formula is C28H20N2O8S2. The minimum Gasteiger partial charge on any atom is -0.491 e. The van der Waals surface area contributed by atoms with Crippen molar-refractivity contribution in [2.24, 2.45) is 0 Å². The van der Waals surface area contributed by atoms with Gasteiger partial charge in [-0.25, -0.2) is 0 Å². The zero-order valence-electron chi connectivity index (χ0n) is 20.6. The van der Waals surface area contributed by atoms with Gasteiger partial charge in [0, 0.05) is 17.5 Å². The summed E-state index contributed by atoms with van der Waals surface area (Å²) in [6, 6.07) is 23.8. The topological polar surface area (TPSA) is 133 Å². The van der Waals surface area contributed by atoms with E-state index in [-0.39, 0.29) is 28.7 Å². The summed E-state index contributed by atoms with van der Waals surface area (Å²) in [7, 11) is -4.36. The maximum atomic E-state index is 12.9. The Morgan fingerprint density at radius 2 is 1.68 bits per heavy atom. The van der Waals surface area contributed by atoms with Crippen LogP contribution in [0.1, 0.15) is 5.56 Å². The van der Waals surface area contributed by atoms with E-state index in [9.17, 15) is 28.1 Å². The number of non-ortho nitro benzene ring substituents is 1. The van der Waals surface area contributed by atoms with Crippen molar-refractivity contribution >= 4 is 55.6 Å². The molecule has 0 radical (unpaired) electrons. The number of nitro benzene ring substituents is 1. The minimum absolute atomic E-state index is 0.0514. The van der Waals surface area contributed by atoms with Gasteiger partial charge >= 0.3 is 10.1 Å². The van der Waals surface area contributed by atoms with Crippen molar-refractivity contribution in [2.75, 3.05) is 13.2 Å². The second kappa shape index (κ2) is 11.2. The fraction of sp³-hybridized carbons (Fsp3) is 0.0714. The molecule has 2 amide bonds. The van der Waals surface area contributed by atoms with E-state index in [0.717, 1.165) is 33.5 Å². The number of carbonyl (C=O) groups is 2. The van der Waals surface area contributed by atoms with Gasteiger partial charge in [-0.05, 0) is 53.1 Å². The molecule has 202 valence electrons. The fourth-order valence-electron chi connectivity index (χ4n) is 4.00. The zero-order valence-corrected chi connectivity index (χ0v) is 22.3. The third-order valence-electron chi connectivity index (χ3n) is 5.87. The molecule has 5 rings (SSSR count). The van der Waals surface area contributed by atoms with Crippen molar-refractivity contribution in [3.63, 3.8) is 0 Å². The molecule has 12 heteroatoms. The average Bonchev–Trinajstić information content (AvgIpc) is 3.20. The fourth-order valence-corrected chi connectivity index (χ4v) is 5.82. The van der Waals surface area contributed by atoms with Crippen LogP contribution in [0.25, 0.3) is 16.8 Å². The van der Waals surface area contributed by atoms with Gasteiger partial charge in [-0.2, -0.15) is 8.42 Å². The first-order chi connectivity index (χ1) is 19.2. The van der Waals surface area contributed by atoms with Gasteiger partial charge < -0.3 is 8.92 Å². The van der Waals surface area contributed by atoms with Crippen LogP contribution in [0.15, 0.2) is 101 Å². The minimum atomic E-state index is -4.36. The Morgan fingerprint density at radius 1 is 0.925 bits per heavy atom. The molecule has 1 aliphatic heterocycles. The van der Waals surface area contributed by atoms with E-state index in [4.69, 9.17) is 8.92 Å². The summed E-state index contributed by atoms with van der Waals surface area (Å²) in [5.41, 5.74) is 0.0286. The van der Waals surface area contributed by atoms with Crippen LogP contribution in [0.3, 0.4) is 0 Å². The highest BCUT2D eigenvalue weighted by molar-refractivity contribution is 8.18. The molecule has 40 heavy (non-hydrogen) atoms. The molecule has 4 aromatic rings. The van der Waals surface area contributed by atoms with Crippen LogP contribution in [-0.2, 0) is 14.9 Å². The maximum Gasteiger partial charge on any atom is 0.339 e. The van der Waals surface area contributed by atoms with Gasteiger partial charge in [0.15, 0.2) is 0 Å². The van der Waals surface area contributed by atoms with Crippen LogP contribution in [0.4, 0.5) is 10.5 Å². The third kappa shape index (κ3) is 5.82. The molecule has 1 aliphatic rings. The van der Waals surface area contributed by atoms with Crippen LogP contribution >= 0.6 is 11.8 Å². The van der Waals surface area contributed by atoms with Gasteiger partial charge in [-0.1, -0.05) is 54.6 Å². The van der Waals surface area contributed by atoms with Crippen molar-refractivity contribution < 1.29 is 31.9 Å².